The zero-order chi connectivity index (χ0) is 18.6. The van der Waals surface area contributed by atoms with E-state index in [9.17, 15) is 9.59 Å². The van der Waals surface area contributed by atoms with E-state index in [1.165, 1.54) is 0 Å². The van der Waals surface area contributed by atoms with Crippen molar-refractivity contribution in [3.63, 3.8) is 0 Å². The van der Waals surface area contributed by atoms with Gasteiger partial charge in [0.05, 0.1) is 13.2 Å². The van der Waals surface area contributed by atoms with Crippen LogP contribution in [0.5, 0.6) is 11.5 Å². The fourth-order valence-corrected chi connectivity index (χ4v) is 3.80. The molecule has 7 nitrogen and oxygen atoms in total. The van der Waals surface area contributed by atoms with Crippen molar-refractivity contribution in [3.05, 3.63) is 23.8 Å². The average Bonchev–Trinajstić information content (AvgIpc) is 2.98. The molecule has 2 saturated heterocycles. The Morgan fingerprint density at radius 2 is 1.63 bits per heavy atom. The fourth-order valence-electron chi connectivity index (χ4n) is 3.80. The van der Waals surface area contributed by atoms with Crippen molar-refractivity contribution in [2.75, 3.05) is 46.0 Å². The Labute approximate surface area is 159 Å². The number of hydrogen-bond donors (Lipinski definition) is 0. The molecule has 0 bridgehead atoms. The van der Waals surface area contributed by atoms with Gasteiger partial charge in [0, 0.05) is 44.8 Å². The standard InChI is InChI=1S/C20H26N2O5/c23-19(15-5-6-16-18(14-15)27-13-3-12-25-16)21-7-2-8-22(10-9-21)20(24)17-4-1-11-26-17/h5-6,14,17H,1-4,7-13H2. The van der Waals surface area contributed by atoms with Gasteiger partial charge in [-0.1, -0.05) is 0 Å². The lowest BCUT2D eigenvalue weighted by atomic mass is 10.1. The Morgan fingerprint density at radius 3 is 2.44 bits per heavy atom. The first-order valence-electron chi connectivity index (χ1n) is 9.82. The molecule has 1 aromatic carbocycles. The number of carbonyl (C=O) groups is 2. The van der Waals surface area contributed by atoms with Gasteiger partial charge in [0.25, 0.3) is 11.8 Å². The Bertz CT molecular complexity index is 702. The SMILES string of the molecule is O=C(c1ccc2c(c1)OCCCO2)N1CCCN(C(=O)C2CCCO2)CC1. The Balaban J connectivity index is 1.40. The monoisotopic (exact) mass is 374 g/mol. The van der Waals surface area contributed by atoms with E-state index in [0.717, 1.165) is 25.7 Å². The zero-order valence-corrected chi connectivity index (χ0v) is 15.5. The summed E-state index contributed by atoms with van der Waals surface area (Å²) in [5, 5.41) is 0. The highest BCUT2D eigenvalue weighted by Crippen LogP contribution is 2.31. The summed E-state index contributed by atoms with van der Waals surface area (Å²) in [6.45, 7) is 4.28. The van der Waals surface area contributed by atoms with Gasteiger partial charge in [-0.15, -0.1) is 0 Å². The van der Waals surface area contributed by atoms with E-state index in [4.69, 9.17) is 14.2 Å². The number of fused-ring (bicyclic) bond motifs is 1. The van der Waals surface area contributed by atoms with Gasteiger partial charge in [0.2, 0.25) is 0 Å². The second kappa shape index (κ2) is 8.17. The lowest BCUT2D eigenvalue weighted by molar-refractivity contribution is -0.140. The topological polar surface area (TPSA) is 68.3 Å². The Hall–Kier alpha value is -2.28. The summed E-state index contributed by atoms with van der Waals surface area (Å²) in [7, 11) is 0. The molecule has 2 amide bonds. The van der Waals surface area contributed by atoms with Crippen LogP contribution in [0.3, 0.4) is 0 Å². The summed E-state index contributed by atoms with van der Waals surface area (Å²) >= 11 is 0. The third-order valence-electron chi connectivity index (χ3n) is 5.29. The first-order chi connectivity index (χ1) is 13.2. The minimum Gasteiger partial charge on any atom is -0.490 e. The van der Waals surface area contributed by atoms with E-state index in [-0.39, 0.29) is 17.9 Å². The minimum atomic E-state index is -0.297. The van der Waals surface area contributed by atoms with Gasteiger partial charge < -0.3 is 24.0 Å². The Morgan fingerprint density at radius 1 is 0.852 bits per heavy atom. The van der Waals surface area contributed by atoms with Crippen molar-refractivity contribution in [1.82, 2.24) is 9.80 Å². The van der Waals surface area contributed by atoms with E-state index in [1.54, 1.807) is 18.2 Å². The van der Waals surface area contributed by atoms with E-state index in [0.29, 0.717) is 63.1 Å². The molecule has 1 unspecified atom stereocenters. The summed E-state index contributed by atoms with van der Waals surface area (Å²) in [4.78, 5) is 29.2. The second-order valence-corrected chi connectivity index (χ2v) is 7.18. The van der Waals surface area contributed by atoms with Crippen molar-refractivity contribution in [2.45, 2.75) is 31.8 Å². The summed E-state index contributed by atoms with van der Waals surface area (Å²) < 4.78 is 16.8. The van der Waals surface area contributed by atoms with E-state index < -0.39 is 0 Å². The largest absolute Gasteiger partial charge is 0.490 e. The molecule has 4 rings (SSSR count). The number of rotatable bonds is 2. The van der Waals surface area contributed by atoms with Gasteiger partial charge in [-0.05, 0) is 37.5 Å². The quantitative estimate of drug-likeness (QED) is 0.788. The highest BCUT2D eigenvalue weighted by atomic mass is 16.5. The molecule has 0 saturated carbocycles. The van der Waals surface area contributed by atoms with Gasteiger partial charge in [-0.2, -0.15) is 0 Å². The van der Waals surface area contributed by atoms with Gasteiger partial charge >= 0.3 is 0 Å². The summed E-state index contributed by atoms with van der Waals surface area (Å²) in [6, 6.07) is 5.36. The van der Waals surface area contributed by atoms with Crippen LogP contribution in [0, 0.1) is 0 Å². The van der Waals surface area contributed by atoms with Gasteiger partial charge in [0.1, 0.15) is 6.10 Å². The Kier molecular flexibility index (Phi) is 5.48. The van der Waals surface area contributed by atoms with Gasteiger partial charge in [-0.25, -0.2) is 0 Å². The summed E-state index contributed by atoms with van der Waals surface area (Å²) in [6.07, 6.45) is 3.05. The van der Waals surface area contributed by atoms with Crippen LogP contribution in [0.1, 0.15) is 36.0 Å². The zero-order valence-electron chi connectivity index (χ0n) is 15.5. The lowest BCUT2D eigenvalue weighted by Crippen LogP contribution is -2.41. The third kappa shape index (κ3) is 4.03. The normalized spacial score (nSPS) is 22.9. The molecule has 146 valence electrons. The molecule has 3 heterocycles. The van der Waals surface area contributed by atoms with Crippen molar-refractivity contribution >= 4 is 11.8 Å². The van der Waals surface area contributed by atoms with Crippen LogP contribution in [0.4, 0.5) is 0 Å². The number of nitrogens with zero attached hydrogens (tertiary/aromatic N) is 2. The minimum absolute atomic E-state index is 0.0305. The van der Waals surface area contributed by atoms with E-state index >= 15 is 0 Å². The highest BCUT2D eigenvalue weighted by Gasteiger charge is 2.30. The molecule has 0 radical (unpaired) electrons. The average molecular weight is 374 g/mol. The smallest absolute Gasteiger partial charge is 0.254 e. The van der Waals surface area contributed by atoms with Crippen molar-refractivity contribution in [2.24, 2.45) is 0 Å². The van der Waals surface area contributed by atoms with E-state index in [1.807, 2.05) is 9.80 Å². The van der Waals surface area contributed by atoms with Crippen LogP contribution in [-0.4, -0.2) is 73.7 Å². The number of carbonyl (C=O) groups excluding carboxylic acids is 2. The molecule has 0 N–H and O–H groups in total. The molecule has 7 heteroatoms. The fraction of sp³-hybridized carbons (Fsp3) is 0.600. The number of benzene rings is 1. The molecule has 2 fully saturated rings. The van der Waals surface area contributed by atoms with Crippen LogP contribution >= 0.6 is 0 Å². The molecule has 1 atom stereocenters. The first kappa shape index (κ1) is 18.1. The van der Waals surface area contributed by atoms with Gasteiger partial charge in [0.15, 0.2) is 11.5 Å². The van der Waals surface area contributed by atoms with Crippen molar-refractivity contribution in [3.8, 4) is 11.5 Å². The molecular weight excluding hydrogens is 348 g/mol. The predicted molar refractivity (Wildman–Crippen MR) is 98.1 cm³/mol. The molecular formula is C20H26N2O5. The molecule has 0 aromatic heterocycles. The van der Waals surface area contributed by atoms with Gasteiger partial charge in [-0.3, -0.25) is 9.59 Å². The maximum Gasteiger partial charge on any atom is 0.254 e. The van der Waals surface area contributed by atoms with Crippen LogP contribution < -0.4 is 9.47 Å². The number of hydrogen-bond acceptors (Lipinski definition) is 5. The second-order valence-electron chi connectivity index (χ2n) is 7.18. The van der Waals surface area contributed by atoms with E-state index in [2.05, 4.69) is 0 Å². The molecule has 3 aliphatic heterocycles. The highest BCUT2D eigenvalue weighted by molar-refractivity contribution is 5.95. The maximum atomic E-state index is 13.0. The van der Waals surface area contributed by atoms with Crippen LogP contribution in [0.15, 0.2) is 18.2 Å². The van der Waals surface area contributed by atoms with Crippen LogP contribution in [0.2, 0.25) is 0 Å². The number of amides is 2. The number of ether oxygens (including phenoxy) is 3. The molecule has 3 aliphatic rings. The molecule has 0 aliphatic carbocycles. The molecule has 27 heavy (non-hydrogen) atoms. The lowest BCUT2D eigenvalue weighted by Gasteiger charge is -2.24. The molecule has 1 aromatic rings. The third-order valence-corrected chi connectivity index (χ3v) is 5.29. The predicted octanol–water partition coefficient (Wildman–Crippen LogP) is 1.70. The first-order valence-corrected chi connectivity index (χ1v) is 9.82. The maximum absolute atomic E-state index is 13.0. The van der Waals surface area contributed by atoms with Crippen LogP contribution in [0.25, 0.3) is 0 Å². The van der Waals surface area contributed by atoms with Crippen molar-refractivity contribution in [1.29, 1.82) is 0 Å². The molecule has 0 spiro atoms. The van der Waals surface area contributed by atoms with Crippen LogP contribution in [-0.2, 0) is 9.53 Å². The summed E-state index contributed by atoms with van der Waals surface area (Å²) in [5.41, 5.74) is 0.596. The van der Waals surface area contributed by atoms with Crippen molar-refractivity contribution < 1.29 is 23.8 Å². The summed E-state index contributed by atoms with van der Waals surface area (Å²) in [5.74, 6) is 1.35.